The van der Waals surface area contributed by atoms with Crippen molar-refractivity contribution in [2.45, 2.75) is 0 Å². The lowest BCUT2D eigenvalue weighted by molar-refractivity contribution is 0.0602. The Morgan fingerprint density at radius 2 is 1.33 bits per heavy atom. The number of fused-ring (bicyclic) bond motifs is 2. The minimum absolute atomic E-state index is 0.297. The van der Waals surface area contributed by atoms with Crippen molar-refractivity contribution in [2.75, 3.05) is 7.11 Å². The Bertz CT molecular complexity index is 1110. The largest absolute Gasteiger partial charge is 0.478 e. The van der Waals surface area contributed by atoms with Gasteiger partial charge in [-0.15, -0.1) is 0 Å². The number of benzene rings is 2. The van der Waals surface area contributed by atoms with Crippen LogP contribution in [-0.2, 0) is 4.74 Å². The van der Waals surface area contributed by atoms with Gasteiger partial charge in [-0.1, -0.05) is 24.3 Å². The fourth-order valence-electron chi connectivity index (χ4n) is 2.70. The maximum atomic E-state index is 11.4. The molecule has 0 spiro atoms. The van der Waals surface area contributed by atoms with Crippen LogP contribution in [0.15, 0.2) is 73.3 Å². The van der Waals surface area contributed by atoms with Gasteiger partial charge < -0.3 is 9.84 Å². The van der Waals surface area contributed by atoms with Crippen molar-refractivity contribution >= 4 is 33.5 Å². The fourth-order valence-corrected chi connectivity index (χ4v) is 2.70. The SMILES string of the molecule is COC(=O)c1cccc2ccncc12.O=C(O)c1cccc2ccncc12. The van der Waals surface area contributed by atoms with E-state index in [1.807, 2.05) is 24.3 Å². The number of nitrogens with zero attached hydrogens (tertiary/aromatic N) is 2. The van der Waals surface area contributed by atoms with Crippen LogP contribution in [0.3, 0.4) is 0 Å². The molecule has 0 unspecified atom stereocenters. The molecule has 2 heterocycles. The van der Waals surface area contributed by atoms with Gasteiger partial charge in [0.05, 0.1) is 18.2 Å². The average Bonchev–Trinajstić information content (AvgIpc) is 2.72. The molecule has 6 nitrogen and oxygen atoms in total. The predicted octanol–water partition coefficient (Wildman–Crippen LogP) is 3.95. The van der Waals surface area contributed by atoms with Crippen LogP contribution in [0.25, 0.3) is 21.5 Å². The maximum Gasteiger partial charge on any atom is 0.338 e. The normalized spacial score (nSPS) is 10.1. The number of ether oxygens (including phenoxy) is 1. The summed E-state index contributed by atoms with van der Waals surface area (Å²) in [6.45, 7) is 0. The Morgan fingerprint density at radius 3 is 1.85 bits per heavy atom. The molecule has 4 rings (SSSR count). The molecule has 0 saturated heterocycles. The van der Waals surface area contributed by atoms with E-state index < -0.39 is 5.97 Å². The molecule has 0 saturated carbocycles. The first kappa shape index (κ1) is 18.0. The highest BCUT2D eigenvalue weighted by atomic mass is 16.5. The minimum atomic E-state index is -0.918. The second-order valence-corrected chi connectivity index (χ2v) is 5.60. The zero-order valence-electron chi connectivity index (χ0n) is 14.5. The van der Waals surface area contributed by atoms with E-state index in [0.29, 0.717) is 16.5 Å². The first-order valence-electron chi connectivity index (χ1n) is 8.09. The molecule has 0 amide bonds. The molecule has 0 fully saturated rings. The molecule has 134 valence electrons. The van der Waals surface area contributed by atoms with Gasteiger partial charge in [0, 0.05) is 35.6 Å². The number of rotatable bonds is 2. The van der Waals surface area contributed by atoms with Gasteiger partial charge in [0.2, 0.25) is 0 Å². The van der Waals surface area contributed by atoms with Crippen LogP contribution < -0.4 is 0 Å². The highest BCUT2D eigenvalue weighted by Gasteiger charge is 2.09. The zero-order chi connectivity index (χ0) is 19.2. The summed E-state index contributed by atoms with van der Waals surface area (Å²) >= 11 is 0. The lowest BCUT2D eigenvalue weighted by atomic mass is 10.1. The molecule has 0 aliphatic heterocycles. The minimum Gasteiger partial charge on any atom is -0.478 e. The number of carboxylic acid groups (broad SMARTS) is 1. The monoisotopic (exact) mass is 360 g/mol. The van der Waals surface area contributed by atoms with Crippen LogP contribution in [0.1, 0.15) is 20.7 Å². The molecule has 2 aromatic heterocycles. The maximum absolute atomic E-state index is 11.4. The topological polar surface area (TPSA) is 89.4 Å². The lowest BCUT2D eigenvalue weighted by Gasteiger charge is -2.02. The van der Waals surface area contributed by atoms with Gasteiger partial charge in [-0.25, -0.2) is 9.59 Å². The Morgan fingerprint density at radius 1 is 0.815 bits per heavy atom. The van der Waals surface area contributed by atoms with Crippen LogP contribution >= 0.6 is 0 Å². The van der Waals surface area contributed by atoms with Crippen LogP contribution in [0, 0.1) is 0 Å². The Hall–Kier alpha value is -3.80. The zero-order valence-corrected chi connectivity index (χ0v) is 14.5. The Labute approximate surface area is 155 Å². The molecule has 0 aliphatic carbocycles. The molecular formula is C21H16N2O4. The van der Waals surface area contributed by atoms with Crippen molar-refractivity contribution in [1.29, 1.82) is 0 Å². The van der Waals surface area contributed by atoms with E-state index in [1.165, 1.54) is 7.11 Å². The van der Waals surface area contributed by atoms with Gasteiger partial charge in [-0.2, -0.15) is 0 Å². The molecule has 27 heavy (non-hydrogen) atoms. The van der Waals surface area contributed by atoms with Crippen molar-refractivity contribution < 1.29 is 19.4 Å². The number of esters is 1. The van der Waals surface area contributed by atoms with Crippen LogP contribution in [-0.4, -0.2) is 34.1 Å². The predicted molar refractivity (Wildman–Crippen MR) is 102 cm³/mol. The molecule has 0 radical (unpaired) electrons. The van der Waals surface area contributed by atoms with E-state index in [0.717, 1.165) is 16.2 Å². The fraction of sp³-hybridized carbons (Fsp3) is 0.0476. The standard InChI is InChI=1S/C11H9NO2.C10H7NO2/c1-14-11(13)9-4-2-3-8-5-6-12-7-10(8)9;12-10(13)8-3-1-2-7-4-5-11-6-9(7)8/h2-7H,1H3;1-6H,(H,12,13). The van der Waals surface area contributed by atoms with E-state index in [9.17, 15) is 9.59 Å². The highest BCUT2D eigenvalue weighted by Crippen LogP contribution is 2.18. The Balaban J connectivity index is 0.000000156. The van der Waals surface area contributed by atoms with E-state index in [-0.39, 0.29) is 5.97 Å². The molecule has 4 aromatic rings. The number of methoxy groups -OCH3 is 1. The molecule has 0 atom stereocenters. The summed E-state index contributed by atoms with van der Waals surface area (Å²) in [5, 5.41) is 12.2. The molecule has 0 aliphatic rings. The third kappa shape index (κ3) is 3.90. The number of carbonyl (C=O) groups excluding carboxylic acids is 1. The molecule has 0 bridgehead atoms. The van der Waals surface area contributed by atoms with Crippen molar-refractivity contribution in [3.8, 4) is 0 Å². The summed E-state index contributed by atoms with van der Waals surface area (Å²) in [7, 11) is 1.37. The summed E-state index contributed by atoms with van der Waals surface area (Å²) in [6.07, 6.45) is 6.58. The van der Waals surface area contributed by atoms with Crippen LogP contribution in [0.5, 0.6) is 0 Å². The number of aromatic carboxylic acids is 1. The van der Waals surface area contributed by atoms with Crippen molar-refractivity contribution in [2.24, 2.45) is 0 Å². The molecule has 6 heteroatoms. The summed E-state index contributed by atoms with van der Waals surface area (Å²) < 4.78 is 4.68. The van der Waals surface area contributed by atoms with Gasteiger partial charge in [0.25, 0.3) is 0 Å². The van der Waals surface area contributed by atoms with Gasteiger partial charge >= 0.3 is 11.9 Å². The molecule has 1 N–H and O–H groups in total. The summed E-state index contributed by atoms with van der Waals surface area (Å²) in [6, 6.07) is 14.3. The van der Waals surface area contributed by atoms with Gasteiger partial charge in [0.1, 0.15) is 0 Å². The first-order chi connectivity index (χ1) is 13.1. The smallest absolute Gasteiger partial charge is 0.338 e. The quantitative estimate of drug-likeness (QED) is 0.544. The first-order valence-corrected chi connectivity index (χ1v) is 8.09. The average molecular weight is 360 g/mol. The second kappa shape index (κ2) is 8.05. The highest BCUT2D eigenvalue weighted by molar-refractivity contribution is 6.04. The summed E-state index contributed by atoms with van der Waals surface area (Å²) in [5.74, 6) is -1.25. The van der Waals surface area contributed by atoms with Crippen LogP contribution in [0.2, 0.25) is 0 Å². The number of pyridine rings is 2. The van der Waals surface area contributed by atoms with Gasteiger partial charge in [0.15, 0.2) is 0 Å². The lowest BCUT2D eigenvalue weighted by Crippen LogP contribution is -2.01. The Kier molecular flexibility index (Phi) is 5.37. The van der Waals surface area contributed by atoms with Crippen molar-refractivity contribution in [1.82, 2.24) is 9.97 Å². The number of hydrogen-bond donors (Lipinski definition) is 1. The van der Waals surface area contributed by atoms with Crippen molar-refractivity contribution in [3.05, 3.63) is 84.4 Å². The molecule has 2 aromatic carbocycles. The van der Waals surface area contributed by atoms with Gasteiger partial charge in [-0.3, -0.25) is 9.97 Å². The molecular weight excluding hydrogens is 344 g/mol. The van der Waals surface area contributed by atoms with Gasteiger partial charge in [-0.05, 0) is 35.0 Å². The van der Waals surface area contributed by atoms with E-state index in [4.69, 9.17) is 5.11 Å². The van der Waals surface area contributed by atoms with E-state index in [2.05, 4.69) is 14.7 Å². The number of aromatic nitrogens is 2. The number of carbonyl (C=O) groups is 2. The number of hydrogen-bond acceptors (Lipinski definition) is 5. The number of carboxylic acids is 1. The second-order valence-electron chi connectivity index (χ2n) is 5.60. The van der Waals surface area contributed by atoms with Crippen LogP contribution in [0.4, 0.5) is 0 Å². The summed E-state index contributed by atoms with van der Waals surface area (Å²) in [4.78, 5) is 30.0. The van der Waals surface area contributed by atoms with E-state index in [1.54, 1.807) is 49.1 Å². The van der Waals surface area contributed by atoms with E-state index >= 15 is 0 Å². The third-order valence-corrected chi connectivity index (χ3v) is 4.00. The third-order valence-electron chi connectivity index (χ3n) is 4.00. The van der Waals surface area contributed by atoms with Crippen molar-refractivity contribution in [3.63, 3.8) is 0 Å². The summed E-state index contributed by atoms with van der Waals surface area (Å²) in [5.41, 5.74) is 0.851.